The number of anilines is 1. The smallest absolute Gasteiger partial charge is 0.295 e. The summed E-state index contributed by atoms with van der Waals surface area (Å²) in [7, 11) is 0. The van der Waals surface area contributed by atoms with Crippen LogP contribution in [0.25, 0.3) is 0 Å². The van der Waals surface area contributed by atoms with E-state index in [1.54, 1.807) is 23.2 Å². The van der Waals surface area contributed by atoms with Crippen LogP contribution in [0.15, 0.2) is 47.2 Å². The molecule has 86 valence electrons. The highest BCUT2D eigenvalue weighted by Crippen LogP contribution is 2.31. The van der Waals surface area contributed by atoms with Crippen molar-refractivity contribution in [2.24, 2.45) is 0 Å². The summed E-state index contributed by atoms with van der Waals surface area (Å²) < 4.78 is 5.16. The predicted octanol–water partition coefficient (Wildman–Crippen LogP) is 2.48. The van der Waals surface area contributed by atoms with Crippen molar-refractivity contribution >= 4 is 11.7 Å². The molecule has 0 aliphatic heterocycles. The molecule has 3 rings (SSSR count). The second-order valence-electron chi connectivity index (χ2n) is 4.07. The van der Waals surface area contributed by atoms with Gasteiger partial charge in [-0.25, -0.2) is 4.98 Å². The van der Waals surface area contributed by atoms with E-state index in [9.17, 15) is 4.79 Å². The van der Waals surface area contributed by atoms with Crippen LogP contribution in [0.2, 0.25) is 0 Å². The van der Waals surface area contributed by atoms with Crippen molar-refractivity contribution in [3.8, 4) is 0 Å². The van der Waals surface area contributed by atoms with Crippen molar-refractivity contribution in [1.29, 1.82) is 0 Å². The molecule has 0 atom stereocenters. The second kappa shape index (κ2) is 4.05. The van der Waals surface area contributed by atoms with Crippen molar-refractivity contribution < 1.29 is 9.21 Å². The molecule has 17 heavy (non-hydrogen) atoms. The summed E-state index contributed by atoms with van der Waals surface area (Å²) in [5.74, 6) is 0.940. The molecule has 2 aromatic heterocycles. The fourth-order valence-electron chi connectivity index (χ4n) is 1.80. The van der Waals surface area contributed by atoms with Crippen LogP contribution in [-0.4, -0.2) is 16.9 Å². The fraction of sp³-hybridized carbons (Fsp3) is 0.231. The molecule has 1 aliphatic carbocycles. The molecule has 1 aliphatic rings. The Morgan fingerprint density at radius 2 is 2.18 bits per heavy atom. The van der Waals surface area contributed by atoms with Crippen molar-refractivity contribution in [1.82, 2.24) is 4.98 Å². The highest BCUT2D eigenvalue weighted by Gasteiger charge is 2.35. The van der Waals surface area contributed by atoms with E-state index in [-0.39, 0.29) is 11.9 Å². The van der Waals surface area contributed by atoms with Gasteiger partial charge in [0.1, 0.15) is 5.82 Å². The Morgan fingerprint density at radius 1 is 1.29 bits per heavy atom. The lowest BCUT2D eigenvalue weighted by atomic mass is 10.3. The van der Waals surface area contributed by atoms with Gasteiger partial charge in [0.15, 0.2) is 5.76 Å². The quantitative estimate of drug-likeness (QED) is 0.810. The maximum Gasteiger partial charge on any atom is 0.295 e. The number of hydrogen-bond donors (Lipinski definition) is 0. The highest BCUT2D eigenvalue weighted by atomic mass is 16.3. The highest BCUT2D eigenvalue weighted by molar-refractivity contribution is 6.04. The average Bonchev–Trinajstić information content (AvgIpc) is 3.04. The maximum atomic E-state index is 12.3. The van der Waals surface area contributed by atoms with Crippen LogP contribution >= 0.6 is 0 Å². The minimum absolute atomic E-state index is 0.115. The van der Waals surface area contributed by atoms with Gasteiger partial charge in [-0.3, -0.25) is 9.69 Å². The zero-order valence-electron chi connectivity index (χ0n) is 9.24. The Morgan fingerprint density at radius 3 is 2.76 bits per heavy atom. The van der Waals surface area contributed by atoms with Gasteiger partial charge in [0.25, 0.3) is 5.91 Å². The van der Waals surface area contributed by atoms with Crippen LogP contribution in [0.5, 0.6) is 0 Å². The molecule has 1 saturated carbocycles. The minimum Gasteiger partial charge on any atom is -0.459 e. The standard InChI is InChI=1S/C13H12N2O2/c16-13(11-4-3-9-17-11)15(10-6-7-10)12-5-1-2-8-14-12/h1-5,8-10H,6-7H2. The van der Waals surface area contributed by atoms with Crippen LogP contribution in [0.3, 0.4) is 0 Å². The third-order valence-electron chi connectivity index (χ3n) is 2.76. The van der Waals surface area contributed by atoms with E-state index in [0.29, 0.717) is 11.6 Å². The first-order valence-corrected chi connectivity index (χ1v) is 5.64. The molecule has 0 spiro atoms. The lowest BCUT2D eigenvalue weighted by Gasteiger charge is -2.19. The van der Waals surface area contributed by atoms with Crippen molar-refractivity contribution in [2.75, 3.05) is 4.90 Å². The van der Waals surface area contributed by atoms with E-state index in [0.717, 1.165) is 12.8 Å². The molecule has 4 nitrogen and oxygen atoms in total. The monoisotopic (exact) mass is 228 g/mol. The molecule has 0 saturated heterocycles. The number of hydrogen-bond acceptors (Lipinski definition) is 3. The largest absolute Gasteiger partial charge is 0.459 e. The maximum absolute atomic E-state index is 12.3. The first-order valence-electron chi connectivity index (χ1n) is 5.64. The summed E-state index contributed by atoms with van der Waals surface area (Å²) in [6.45, 7) is 0. The molecule has 0 N–H and O–H groups in total. The van der Waals surface area contributed by atoms with Crippen molar-refractivity contribution in [2.45, 2.75) is 18.9 Å². The molecule has 0 unspecified atom stereocenters. The molecule has 2 aromatic rings. The second-order valence-corrected chi connectivity index (χ2v) is 4.07. The summed E-state index contributed by atoms with van der Waals surface area (Å²) in [4.78, 5) is 18.2. The van der Waals surface area contributed by atoms with E-state index in [1.165, 1.54) is 6.26 Å². The van der Waals surface area contributed by atoms with E-state index in [4.69, 9.17) is 4.42 Å². The number of carbonyl (C=O) groups is 1. The third-order valence-corrected chi connectivity index (χ3v) is 2.76. The van der Waals surface area contributed by atoms with Gasteiger partial charge in [-0.2, -0.15) is 0 Å². The van der Waals surface area contributed by atoms with Gasteiger partial charge in [-0.05, 0) is 37.1 Å². The first kappa shape index (κ1) is 10.1. The van der Waals surface area contributed by atoms with E-state index in [1.807, 2.05) is 18.2 Å². The van der Waals surface area contributed by atoms with Crippen LogP contribution in [-0.2, 0) is 0 Å². The number of nitrogens with zero attached hydrogens (tertiary/aromatic N) is 2. The Bertz CT molecular complexity index is 503. The molecule has 0 radical (unpaired) electrons. The van der Waals surface area contributed by atoms with Gasteiger partial charge in [0.2, 0.25) is 0 Å². The molecule has 0 aromatic carbocycles. The number of aromatic nitrogens is 1. The summed E-state index contributed by atoms with van der Waals surface area (Å²) in [6, 6.07) is 9.23. The first-order chi connectivity index (χ1) is 8.36. The van der Waals surface area contributed by atoms with Crippen LogP contribution in [0, 0.1) is 0 Å². The summed E-state index contributed by atoms with van der Waals surface area (Å²) in [5, 5.41) is 0. The lowest BCUT2D eigenvalue weighted by molar-refractivity contribution is 0.0958. The van der Waals surface area contributed by atoms with Gasteiger partial charge < -0.3 is 4.42 Å². The fourth-order valence-corrected chi connectivity index (χ4v) is 1.80. The number of pyridine rings is 1. The van der Waals surface area contributed by atoms with Crippen molar-refractivity contribution in [3.63, 3.8) is 0 Å². The van der Waals surface area contributed by atoms with Gasteiger partial charge in [-0.1, -0.05) is 6.07 Å². The van der Waals surface area contributed by atoms with Gasteiger partial charge in [0, 0.05) is 12.2 Å². The number of carbonyl (C=O) groups excluding carboxylic acids is 1. The van der Waals surface area contributed by atoms with E-state index >= 15 is 0 Å². The van der Waals surface area contributed by atoms with Crippen LogP contribution in [0.1, 0.15) is 23.4 Å². The molecule has 2 heterocycles. The molecular formula is C13H12N2O2. The minimum atomic E-state index is -0.115. The molecule has 1 amide bonds. The Balaban J connectivity index is 1.93. The molecular weight excluding hydrogens is 216 g/mol. The SMILES string of the molecule is O=C(c1ccco1)N(c1ccccn1)C1CC1. The van der Waals surface area contributed by atoms with Gasteiger partial charge >= 0.3 is 0 Å². The Labute approximate surface area is 98.9 Å². The summed E-state index contributed by atoms with van der Waals surface area (Å²) >= 11 is 0. The number of rotatable bonds is 3. The summed E-state index contributed by atoms with van der Waals surface area (Å²) in [6.07, 6.45) is 5.27. The predicted molar refractivity (Wildman–Crippen MR) is 62.8 cm³/mol. The molecule has 0 bridgehead atoms. The van der Waals surface area contributed by atoms with Gasteiger partial charge in [-0.15, -0.1) is 0 Å². The van der Waals surface area contributed by atoms with Gasteiger partial charge in [0.05, 0.1) is 6.26 Å². The van der Waals surface area contributed by atoms with Crippen LogP contribution in [0.4, 0.5) is 5.82 Å². The number of amides is 1. The zero-order chi connectivity index (χ0) is 11.7. The van der Waals surface area contributed by atoms with E-state index in [2.05, 4.69) is 4.98 Å². The number of furan rings is 1. The topological polar surface area (TPSA) is 46.3 Å². The van der Waals surface area contributed by atoms with Crippen LogP contribution < -0.4 is 4.90 Å². The average molecular weight is 228 g/mol. The zero-order valence-corrected chi connectivity index (χ0v) is 9.24. The summed E-state index contributed by atoms with van der Waals surface area (Å²) in [5.41, 5.74) is 0. The Hall–Kier alpha value is -2.10. The molecule has 1 fully saturated rings. The Kier molecular flexibility index (Phi) is 2.40. The van der Waals surface area contributed by atoms with E-state index < -0.39 is 0 Å². The lowest BCUT2D eigenvalue weighted by Crippen LogP contribution is -2.33. The molecule has 4 heteroatoms. The van der Waals surface area contributed by atoms with Crippen molar-refractivity contribution in [3.05, 3.63) is 48.6 Å². The normalized spacial score (nSPS) is 14.6. The third kappa shape index (κ3) is 1.93.